The lowest BCUT2D eigenvalue weighted by Gasteiger charge is -2.06. The highest BCUT2D eigenvalue weighted by molar-refractivity contribution is 5.95. The third kappa shape index (κ3) is 2.02. The van der Waals surface area contributed by atoms with Crippen LogP contribution in [0.15, 0.2) is 18.3 Å². The number of carbonyl (C=O) groups excluding carboxylic acids is 1. The molecule has 4 heteroatoms. The van der Waals surface area contributed by atoms with Crippen LogP contribution in [0.1, 0.15) is 29.9 Å². The van der Waals surface area contributed by atoms with Gasteiger partial charge in [0.1, 0.15) is 11.3 Å². The van der Waals surface area contributed by atoms with Gasteiger partial charge in [-0.15, -0.1) is 0 Å². The van der Waals surface area contributed by atoms with Gasteiger partial charge < -0.3 is 9.88 Å². The van der Waals surface area contributed by atoms with E-state index in [1.165, 1.54) is 0 Å². The Hall–Kier alpha value is -1.84. The third-order valence-corrected chi connectivity index (χ3v) is 2.87. The minimum Gasteiger partial charge on any atom is -0.351 e. The molecule has 0 saturated carbocycles. The summed E-state index contributed by atoms with van der Waals surface area (Å²) in [6, 6.07) is 3.93. The summed E-state index contributed by atoms with van der Waals surface area (Å²) in [4.78, 5) is 16.2. The first-order valence-corrected chi connectivity index (χ1v) is 5.90. The van der Waals surface area contributed by atoms with Crippen molar-refractivity contribution in [1.82, 2.24) is 14.9 Å². The van der Waals surface area contributed by atoms with Crippen LogP contribution in [0.3, 0.4) is 0 Å². The van der Waals surface area contributed by atoms with Gasteiger partial charge in [-0.2, -0.15) is 0 Å². The Morgan fingerprint density at radius 2 is 2.24 bits per heavy atom. The molecule has 0 aromatic carbocycles. The van der Waals surface area contributed by atoms with Crippen LogP contribution in [0.5, 0.6) is 0 Å². The summed E-state index contributed by atoms with van der Waals surface area (Å²) in [6.07, 6.45) is 2.87. The van der Waals surface area contributed by atoms with Crippen molar-refractivity contribution in [2.24, 2.45) is 7.05 Å². The highest BCUT2D eigenvalue weighted by Crippen LogP contribution is 2.19. The standard InChI is InChI=1S/C13H17N3O/c1-4-9-8-11(13(17)14-5-2)15-12-10(9)6-7-16(12)3/h6-8H,4-5H2,1-3H3,(H,14,17). The number of hydrogen-bond acceptors (Lipinski definition) is 2. The number of aromatic nitrogens is 2. The minimum absolute atomic E-state index is 0.106. The van der Waals surface area contributed by atoms with Gasteiger partial charge >= 0.3 is 0 Å². The molecule has 2 aromatic heterocycles. The average molecular weight is 231 g/mol. The lowest BCUT2D eigenvalue weighted by atomic mass is 10.1. The molecule has 0 bridgehead atoms. The second-order valence-electron chi connectivity index (χ2n) is 4.04. The Bertz CT molecular complexity index is 557. The molecule has 90 valence electrons. The number of hydrogen-bond donors (Lipinski definition) is 1. The normalized spacial score (nSPS) is 10.8. The molecule has 0 fully saturated rings. The summed E-state index contributed by atoms with van der Waals surface area (Å²) in [5.74, 6) is -0.106. The molecule has 1 N–H and O–H groups in total. The monoisotopic (exact) mass is 231 g/mol. The maximum Gasteiger partial charge on any atom is 0.269 e. The van der Waals surface area contributed by atoms with Crippen molar-refractivity contribution in [3.63, 3.8) is 0 Å². The highest BCUT2D eigenvalue weighted by Gasteiger charge is 2.12. The molecular weight excluding hydrogens is 214 g/mol. The van der Waals surface area contributed by atoms with Gasteiger partial charge in [-0.3, -0.25) is 4.79 Å². The summed E-state index contributed by atoms with van der Waals surface area (Å²) in [5, 5.41) is 3.91. The van der Waals surface area contributed by atoms with Gasteiger partial charge in [0.05, 0.1) is 0 Å². The predicted octanol–water partition coefficient (Wildman–Crippen LogP) is 1.89. The van der Waals surface area contributed by atoms with Gasteiger partial charge in [-0.1, -0.05) is 6.92 Å². The first kappa shape index (κ1) is 11.6. The van der Waals surface area contributed by atoms with Crippen LogP contribution in [0.4, 0.5) is 0 Å². The number of carbonyl (C=O) groups is 1. The Morgan fingerprint density at radius 1 is 1.47 bits per heavy atom. The van der Waals surface area contributed by atoms with Crippen molar-refractivity contribution in [3.8, 4) is 0 Å². The van der Waals surface area contributed by atoms with Crippen LogP contribution >= 0.6 is 0 Å². The van der Waals surface area contributed by atoms with Gasteiger partial charge in [0.15, 0.2) is 0 Å². The molecule has 4 nitrogen and oxygen atoms in total. The number of nitrogens with one attached hydrogen (secondary N) is 1. The molecule has 0 spiro atoms. The fourth-order valence-electron chi connectivity index (χ4n) is 1.96. The molecule has 2 aromatic rings. The third-order valence-electron chi connectivity index (χ3n) is 2.87. The van der Waals surface area contributed by atoms with Gasteiger partial charge in [0.25, 0.3) is 5.91 Å². The lowest BCUT2D eigenvalue weighted by molar-refractivity contribution is 0.0951. The van der Waals surface area contributed by atoms with Gasteiger partial charge in [-0.25, -0.2) is 4.98 Å². The summed E-state index contributed by atoms with van der Waals surface area (Å²) in [6.45, 7) is 4.61. The van der Waals surface area contributed by atoms with Crippen LogP contribution in [0.2, 0.25) is 0 Å². The zero-order valence-corrected chi connectivity index (χ0v) is 10.4. The van der Waals surface area contributed by atoms with Crippen molar-refractivity contribution in [2.45, 2.75) is 20.3 Å². The zero-order chi connectivity index (χ0) is 12.4. The average Bonchev–Trinajstić information content (AvgIpc) is 2.70. The van der Waals surface area contributed by atoms with Gasteiger partial charge in [-0.05, 0) is 31.0 Å². The molecule has 17 heavy (non-hydrogen) atoms. The van der Waals surface area contributed by atoms with E-state index in [9.17, 15) is 4.79 Å². The number of pyridine rings is 1. The maximum absolute atomic E-state index is 11.8. The molecule has 0 aliphatic rings. The van der Waals surface area contributed by atoms with Crippen molar-refractivity contribution in [2.75, 3.05) is 6.54 Å². The molecule has 2 heterocycles. The van der Waals surface area contributed by atoms with Crippen molar-refractivity contribution in [3.05, 3.63) is 29.6 Å². The SMILES string of the molecule is CCNC(=O)c1cc(CC)c2ccn(C)c2n1. The Kier molecular flexibility index (Phi) is 3.13. The smallest absolute Gasteiger partial charge is 0.269 e. The van der Waals surface area contributed by atoms with E-state index in [0.29, 0.717) is 12.2 Å². The molecule has 0 saturated heterocycles. The molecule has 0 atom stereocenters. The van der Waals surface area contributed by atoms with E-state index in [1.54, 1.807) is 0 Å². The number of nitrogens with zero attached hydrogens (tertiary/aromatic N) is 2. The topological polar surface area (TPSA) is 46.9 Å². The number of aryl methyl sites for hydroxylation is 2. The number of rotatable bonds is 3. The summed E-state index contributed by atoms with van der Waals surface area (Å²) in [7, 11) is 1.94. The van der Waals surface area contributed by atoms with Crippen molar-refractivity contribution < 1.29 is 4.79 Å². The summed E-state index contributed by atoms with van der Waals surface area (Å²) >= 11 is 0. The van der Waals surface area contributed by atoms with Gasteiger partial charge in [0, 0.05) is 25.2 Å². The van der Waals surface area contributed by atoms with Gasteiger partial charge in [0.2, 0.25) is 0 Å². The van der Waals surface area contributed by atoms with Crippen LogP contribution < -0.4 is 5.32 Å². The van der Waals surface area contributed by atoms with E-state index >= 15 is 0 Å². The first-order valence-electron chi connectivity index (χ1n) is 5.90. The predicted molar refractivity (Wildman–Crippen MR) is 68.1 cm³/mol. The van der Waals surface area contributed by atoms with E-state index in [-0.39, 0.29) is 5.91 Å². The van der Waals surface area contributed by atoms with Crippen LogP contribution in [-0.4, -0.2) is 22.0 Å². The molecule has 0 unspecified atom stereocenters. The fraction of sp³-hybridized carbons (Fsp3) is 0.385. The quantitative estimate of drug-likeness (QED) is 0.876. The van der Waals surface area contributed by atoms with E-state index in [1.807, 2.05) is 36.9 Å². The molecular formula is C13H17N3O. The molecule has 0 aliphatic carbocycles. The second kappa shape index (κ2) is 4.57. The second-order valence-corrected chi connectivity index (χ2v) is 4.04. The Balaban J connectivity index is 2.58. The van der Waals surface area contributed by atoms with E-state index in [4.69, 9.17) is 0 Å². The fourth-order valence-corrected chi connectivity index (χ4v) is 1.96. The van der Waals surface area contributed by atoms with E-state index in [2.05, 4.69) is 17.2 Å². The molecule has 0 radical (unpaired) electrons. The van der Waals surface area contributed by atoms with Crippen molar-refractivity contribution in [1.29, 1.82) is 0 Å². The molecule has 0 aliphatic heterocycles. The van der Waals surface area contributed by atoms with E-state index < -0.39 is 0 Å². The largest absolute Gasteiger partial charge is 0.351 e. The zero-order valence-electron chi connectivity index (χ0n) is 10.4. The van der Waals surface area contributed by atoms with Crippen molar-refractivity contribution >= 4 is 16.9 Å². The molecule has 1 amide bonds. The summed E-state index contributed by atoms with van der Waals surface area (Å²) < 4.78 is 1.94. The number of fused-ring (bicyclic) bond motifs is 1. The Labute approximate surface area is 101 Å². The summed E-state index contributed by atoms with van der Waals surface area (Å²) in [5.41, 5.74) is 2.53. The van der Waals surface area contributed by atoms with Crippen LogP contribution in [-0.2, 0) is 13.5 Å². The first-order chi connectivity index (χ1) is 8.17. The minimum atomic E-state index is -0.106. The molecule has 2 rings (SSSR count). The number of amides is 1. The maximum atomic E-state index is 11.8. The van der Waals surface area contributed by atoms with Crippen LogP contribution in [0.25, 0.3) is 11.0 Å². The lowest BCUT2D eigenvalue weighted by Crippen LogP contribution is -2.24. The Morgan fingerprint density at radius 3 is 2.88 bits per heavy atom. The van der Waals surface area contributed by atoms with E-state index in [0.717, 1.165) is 23.0 Å². The van der Waals surface area contributed by atoms with Crippen LogP contribution in [0, 0.1) is 0 Å². The highest BCUT2D eigenvalue weighted by atomic mass is 16.1.